The molecule has 4 fully saturated rings. The second kappa shape index (κ2) is 12.0. The lowest BCUT2D eigenvalue weighted by molar-refractivity contribution is -0.125. The third-order valence-corrected chi connectivity index (χ3v) is 12.2. The number of hydrogen-bond acceptors (Lipinski definition) is 6. The van der Waals surface area contributed by atoms with Crippen LogP contribution in [0.15, 0.2) is 48.8 Å². The lowest BCUT2D eigenvalue weighted by atomic mass is 9.70. The molecular formula is C40H47N7O2. The van der Waals surface area contributed by atoms with Crippen LogP contribution in [0.3, 0.4) is 0 Å². The molecule has 2 amide bonds. The summed E-state index contributed by atoms with van der Waals surface area (Å²) in [6.07, 6.45) is 15.6. The number of nitrogens with zero attached hydrogens (tertiary/aromatic N) is 5. The first kappa shape index (κ1) is 30.8. The molecule has 49 heavy (non-hydrogen) atoms. The van der Waals surface area contributed by atoms with Gasteiger partial charge in [0.25, 0.3) is 5.91 Å². The number of carbonyl (C=O) groups is 2. The van der Waals surface area contributed by atoms with Crippen LogP contribution in [-0.4, -0.2) is 63.5 Å². The summed E-state index contributed by atoms with van der Waals surface area (Å²) in [6.45, 7) is 4.35. The van der Waals surface area contributed by atoms with Crippen molar-refractivity contribution >= 4 is 40.0 Å². The van der Waals surface area contributed by atoms with Crippen molar-refractivity contribution in [1.82, 2.24) is 24.8 Å². The van der Waals surface area contributed by atoms with Gasteiger partial charge >= 0.3 is 0 Å². The standard InChI is InChI=1S/C40H47N7O2/c1-25-9-11-27(20-31(25)38(48)41-2)43-37-36-34(42-24-46(36)28-12-13-28)23-33(44-37)26-10-14-32-35(19-26)47(39(49)40(32)15-5-3-6-16-40)30-21-29(22-30)45-17-7-4-8-18-45/h9-11,14,19-20,23-24,28-30H,3-8,12-13,15-18,21-22H2,1-2H3,(H,41,48)(H,43,44). The molecule has 4 aromatic rings. The van der Waals surface area contributed by atoms with Crippen molar-refractivity contribution in [1.29, 1.82) is 0 Å². The van der Waals surface area contributed by atoms with Gasteiger partial charge in [-0.3, -0.25) is 9.59 Å². The van der Waals surface area contributed by atoms with Crippen LogP contribution in [0, 0.1) is 6.92 Å². The maximum absolute atomic E-state index is 14.6. The Balaban J connectivity index is 1.10. The maximum Gasteiger partial charge on any atom is 0.251 e. The summed E-state index contributed by atoms with van der Waals surface area (Å²) in [5.41, 5.74) is 7.98. The zero-order chi connectivity index (χ0) is 33.3. The smallest absolute Gasteiger partial charge is 0.251 e. The van der Waals surface area contributed by atoms with E-state index in [1.165, 1.54) is 44.3 Å². The largest absolute Gasteiger partial charge is 0.355 e. The van der Waals surface area contributed by atoms with Gasteiger partial charge in [0, 0.05) is 47.7 Å². The first-order chi connectivity index (χ1) is 23.9. The molecule has 9 rings (SSSR count). The molecule has 5 aliphatic rings. The Kier molecular flexibility index (Phi) is 7.52. The molecule has 9 heteroatoms. The predicted octanol–water partition coefficient (Wildman–Crippen LogP) is 7.41. The van der Waals surface area contributed by atoms with E-state index in [1.807, 2.05) is 31.5 Å². The summed E-state index contributed by atoms with van der Waals surface area (Å²) >= 11 is 0. The number of carbonyl (C=O) groups excluding carboxylic acids is 2. The molecule has 9 nitrogen and oxygen atoms in total. The third kappa shape index (κ3) is 5.15. The molecule has 254 valence electrons. The van der Waals surface area contributed by atoms with Crippen molar-refractivity contribution < 1.29 is 9.59 Å². The number of pyridine rings is 1. The van der Waals surface area contributed by atoms with Gasteiger partial charge in [0.1, 0.15) is 5.52 Å². The molecule has 2 N–H and O–H groups in total. The van der Waals surface area contributed by atoms with Crippen molar-refractivity contribution in [3.05, 3.63) is 65.5 Å². The van der Waals surface area contributed by atoms with E-state index in [0.717, 1.165) is 96.4 Å². The molecule has 0 unspecified atom stereocenters. The second-order valence-electron chi connectivity index (χ2n) is 15.3. The van der Waals surface area contributed by atoms with Gasteiger partial charge in [-0.25, -0.2) is 9.97 Å². The van der Waals surface area contributed by atoms with Crippen molar-refractivity contribution in [2.45, 2.75) is 108 Å². The van der Waals surface area contributed by atoms with Crippen LogP contribution in [-0.2, 0) is 10.2 Å². The van der Waals surface area contributed by atoms with Crippen LogP contribution in [0.5, 0.6) is 0 Å². The van der Waals surface area contributed by atoms with Crippen molar-refractivity contribution in [2.24, 2.45) is 0 Å². The Morgan fingerprint density at radius 3 is 2.43 bits per heavy atom. The monoisotopic (exact) mass is 657 g/mol. The highest BCUT2D eigenvalue weighted by Crippen LogP contribution is 2.53. The zero-order valence-electron chi connectivity index (χ0n) is 28.8. The summed E-state index contributed by atoms with van der Waals surface area (Å²) < 4.78 is 2.24. The Morgan fingerprint density at radius 1 is 0.898 bits per heavy atom. The first-order valence-electron chi connectivity index (χ1n) is 18.6. The molecule has 0 atom stereocenters. The second-order valence-corrected chi connectivity index (χ2v) is 15.3. The van der Waals surface area contributed by atoms with Crippen LogP contribution in [0.25, 0.3) is 22.3 Å². The molecule has 2 aromatic heterocycles. The highest BCUT2D eigenvalue weighted by Gasteiger charge is 2.54. The summed E-state index contributed by atoms with van der Waals surface area (Å²) in [6, 6.07) is 15.9. The molecule has 1 saturated heterocycles. The fourth-order valence-electron chi connectivity index (χ4n) is 9.24. The quantitative estimate of drug-likeness (QED) is 0.215. The lowest BCUT2D eigenvalue weighted by Gasteiger charge is -2.48. The van der Waals surface area contributed by atoms with E-state index in [-0.39, 0.29) is 17.4 Å². The molecular weight excluding hydrogens is 610 g/mol. The average Bonchev–Trinajstić information content (AvgIpc) is 3.83. The van der Waals surface area contributed by atoms with Gasteiger partial charge in [-0.15, -0.1) is 0 Å². The van der Waals surface area contributed by atoms with E-state index in [4.69, 9.17) is 9.97 Å². The molecule has 2 aliphatic heterocycles. The van der Waals surface area contributed by atoms with Crippen LogP contribution in [0.4, 0.5) is 17.2 Å². The number of likely N-dealkylation sites (tertiary alicyclic amines) is 1. The molecule has 0 radical (unpaired) electrons. The van der Waals surface area contributed by atoms with E-state index in [1.54, 1.807) is 7.05 Å². The van der Waals surface area contributed by atoms with Gasteiger partial charge < -0.3 is 25.0 Å². The number of amides is 2. The Hall–Kier alpha value is -4.24. The minimum atomic E-state index is -0.386. The molecule has 0 bridgehead atoms. The normalized spacial score (nSPS) is 23.5. The van der Waals surface area contributed by atoms with Gasteiger partial charge in [0.05, 0.1) is 23.0 Å². The van der Waals surface area contributed by atoms with Crippen LogP contribution >= 0.6 is 0 Å². The first-order valence-corrected chi connectivity index (χ1v) is 18.6. The lowest BCUT2D eigenvalue weighted by Crippen LogP contribution is -2.57. The topological polar surface area (TPSA) is 95.4 Å². The number of anilines is 3. The van der Waals surface area contributed by atoms with Crippen molar-refractivity contribution in [3.63, 3.8) is 0 Å². The summed E-state index contributed by atoms with van der Waals surface area (Å²) in [5, 5.41) is 6.34. The van der Waals surface area contributed by atoms with Gasteiger partial charge in [0.15, 0.2) is 5.82 Å². The number of aryl methyl sites for hydroxylation is 1. The Labute approximate surface area is 288 Å². The number of hydrogen-bond donors (Lipinski definition) is 2. The van der Waals surface area contributed by atoms with E-state index < -0.39 is 0 Å². The summed E-state index contributed by atoms with van der Waals surface area (Å²) in [5.74, 6) is 0.948. The van der Waals surface area contributed by atoms with E-state index in [2.05, 4.69) is 49.3 Å². The summed E-state index contributed by atoms with van der Waals surface area (Å²) in [7, 11) is 1.66. The van der Waals surface area contributed by atoms with Crippen molar-refractivity contribution in [3.8, 4) is 11.3 Å². The number of nitrogens with one attached hydrogen (secondary N) is 2. The molecule has 4 heterocycles. The highest BCUT2D eigenvalue weighted by atomic mass is 16.2. The van der Waals surface area contributed by atoms with Crippen LogP contribution in [0.1, 0.15) is 105 Å². The maximum atomic E-state index is 14.6. The highest BCUT2D eigenvalue weighted by molar-refractivity contribution is 6.09. The minimum Gasteiger partial charge on any atom is -0.355 e. The van der Waals surface area contributed by atoms with Gasteiger partial charge in [-0.1, -0.05) is 43.9 Å². The van der Waals surface area contributed by atoms with Gasteiger partial charge in [-0.2, -0.15) is 0 Å². The number of fused-ring (bicyclic) bond motifs is 3. The summed E-state index contributed by atoms with van der Waals surface area (Å²) in [4.78, 5) is 42.2. The SMILES string of the molecule is CNC(=O)c1cc(Nc2nc(-c3ccc4c(c3)N(C3CC(N5CCCCC5)C3)C(=O)C43CCCCC3)cc3ncn(C4CC4)c23)ccc1C. The number of benzene rings is 2. The molecule has 3 saturated carbocycles. The Bertz CT molecular complexity index is 1940. The number of piperidine rings is 1. The van der Waals surface area contributed by atoms with Crippen LogP contribution in [0.2, 0.25) is 0 Å². The minimum absolute atomic E-state index is 0.113. The average molecular weight is 658 g/mol. The zero-order valence-corrected chi connectivity index (χ0v) is 28.8. The number of aromatic nitrogens is 3. The molecule has 1 spiro atoms. The molecule has 2 aromatic carbocycles. The Morgan fingerprint density at radius 2 is 1.67 bits per heavy atom. The van der Waals surface area contributed by atoms with E-state index in [9.17, 15) is 9.59 Å². The van der Waals surface area contributed by atoms with Gasteiger partial charge in [-0.05, 0) is 107 Å². The van der Waals surface area contributed by atoms with Crippen molar-refractivity contribution in [2.75, 3.05) is 30.4 Å². The van der Waals surface area contributed by atoms with E-state index >= 15 is 0 Å². The third-order valence-electron chi connectivity index (χ3n) is 12.2. The van der Waals surface area contributed by atoms with Gasteiger partial charge in [0.2, 0.25) is 5.91 Å². The predicted molar refractivity (Wildman–Crippen MR) is 194 cm³/mol. The molecule has 3 aliphatic carbocycles. The fourth-order valence-corrected chi connectivity index (χ4v) is 9.24. The number of rotatable bonds is 7. The van der Waals surface area contributed by atoms with Crippen LogP contribution < -0.4 is 15.5 Å². The fraction of sp³-hybridized carbons (Fsp3) is 0.500. The van der Waals surface area contributed by atoms with E-state index in [0.29, 0.717) is 23.6 Å². The number of imidazole rings is 1.